The van der Waals surface area contributed by atoms with Crippen molar-refractivity contribution in [2.45, 2.75) is 29.9 Å². The molecule has 0 radical (unpaired) electrons. The summed E-state index contributed by atoms with van der Waals surface area (Å²) in [5.41, 5.74) is 0. The van der Waals surface area contributed by atoms with Crippen LogP contribution in [0.25, 0.3) is 0 Å². The van der Waals surface area contributed by atoms with Crippen LogP contribution in [0.15, 0.2) is 35.2 Å². The van der Waals surface area contributed by atoms with Crippen molar-refractivity contribution < 1.29 is 13.5 Å². The van der Waals surface area contributed by atoms with Crippen LogP contribution in [-0.4, -0.2) is 42.6 Å². The Balaban J connectivity index is 2.08. The Morgan fingerprint density at radius 1 is 1.42 bits per heavy atom. The van der Waals surface area contributed by atoms with Gasteiger partial charge in [-0.3, -0.25) is 4.67 Å². The second-order valence-corrected chi connectivity index (χ2v) is 7.93. The molecule has 1 heterocycles. The first-order valence-corrected chi connectivity index (χ1v) is 9.74. The van der Waals surface area contributed by atoms with Crippen LogP contribution in [0.5, 0.6) is 0 Å². The summed E-state index contributed by atoms with van der Waals surface area (Å²) >= 11 is 5.83. The normalized spacial score (nSPS) is 23.2. The number of halogens is 1. The quantitative estimate of drug-likeness (QED) is 0.843. The van der Waals surface area contributed by atoms with Gasteiger partial charge in [-0.15, -0.1) is 0 Å². The third-order valence-corrected chi connectivity index (χ3v) is 6.54. The maximum Gasteiger partial charge on any atom is 0.180 e. The summed E-state index contributed by atoms with van der Waals surface area (Å²) in [7, 11) is -3.36. The number of aliphatic hydroxyl groups is 1. The fourth-order valence-corrected chi connectivity index (χ4v) is 5.09. The minimum absolute atomic E-state index is 0.0882. The van der Waals surface area contributed by atoms with Gasteiger partial charge in [0.25, 0.3) is 0 Å². The summed E-state index contributed by atoms with van der Waals surface area (Å²) in [4.78, 5) is 0.256. The van der Waals surface area contributed by atoms with E-state index in [2.05, 4.69) is 0 Å². The van der Waals surface area contributed by atoms with Gasteiger partial charge >= 0.3 is 0 Å². The molecule has 19 heavy (non-hydrogen) atoms. The maximum absolute atomic E-state index is 12.2. The van der Waals surface area contributed by atoms with Crippen LogP contribution in [0.3, 0.4) is 0 Å². The van der Waals surface area contributed by atoms with Crippen LogP contribution in [0.4, 0.5) is 0 Å². The van der Waals surface area contributed by atoms with Crippen molar-refractivity contribution in [2.75, 3.05) is 12.3 Å². The minimum Gasteiger partial charge on any atom is -0.390 e. The zero-order valence-corrected chi connectivity index (χ0v) is 12.9. The molecule has 0 aliphatic carbocycles. The van der Waals surface area contributed by atoms with Crippen molar-refractivity contribution in [3.8, 4) is 0 Å². The molecular weight excluding hydrogens is 305 g/mol. The van der Waals surface area contributed by atoms with E-state index in [1.54, 1.807) is 30.3 Å². The van der Waals surface area contributed by atoms with Crippen molar-refractivity contribution >= 4 is 29.2 Å². The lowest BCUT2D eigenvalue weighted by molar-refractivity contribution is 0.129. The summed E-state index contributed by atoms with van der Waals surface area (Å²) in [5, 5.41) is 10.2. The van der Waals surface area contributed by atoms with Crippen LogP contribution < -0.4 is 0 Å². The molecule has 106 valence electrons. The summed E-state index contributed by atoms with van der Waals surface area (Å²) in [6.45, 7) is 0.828. The molecule has 1 aliphatic rings. The van der Waals surface area contributed by atoms with Crippen LogP contribution >= 0.6 is 19.3 Å². The van der Waals surface area contributed by atoms with E-state index in [1.807, 2.05) is 4.67 Å². The van der Waals surface area contributed by atoms with E-state index >= 15 is 0 Å². The van der Waals surface area contributed by atoms with Crippen molar-refractivity contribution in [2.24, 2.45) is 0 Å². The van der Waals surface area contributed by atoms with Crippen molar-refractivity contribution in [3.63, 3.8) is 0 Å². The zero-order chi connectivity index (χ0) is 13.9. The molecule has 1 aliphatic heterocycles. The van der Waals surface area contributed by atoms with E-state index < -0.39 is 15.9 Å². The molecule has 4 nitrogen and oxygen atoms in total. The molecule has 0 spiro atoms. The van der Waals surface area contributed by atoms with Gasteiger partial charge in [0.2, 0.25) is 0 Å². The number of benzene rings is 1. The smallest absolute Gasteiger partial charge is 0.180 e. The van der Waals surface area contributed by atoms with Gasteiger partial charge in [-0.2, -0.15) is 0 Å². The molecule has 1 unspecified atom stereocenters. The number of hydrogen-bond donors (Lipinski definition) is 1. The molecule has 3 atom stereocenters. The highest BCUT2D eigenvalue weighted by atomic mass is 35.7. The minimum atomic E-state index is -3.45. The van der Waals surface area contributed by atoms with E-state index in [0.29, 0.717) is 0 Å². The average molecular weight is 322 g/mol. The Bertz CT molecular complexity index is 511. The maximum atomic E-state index is 12.2. The highest BCUT2D eigenvalue weighted by Crippen LogP contribution is 2.34. The molecule has 1 aromatic rings. The summed E-state index contributed by atoms with van der Waals surface area (Å²) < 4.78 is 26.3. The second kappa shape index (κ2) is 6.51. The van der Waals surface area contributed by atoms with Crippen LogP contribution in [0.2, 0.25) is 0 Å². The van der Waals surface area contributed by atoms with E-state index in [1.165, 1.54) is 0 Å². The number of hydrogen-bond acceptors (Lipinski definition) is 4. The molecule has 2 rings (SSSR count). The zero-order valence-electron chi connectivity index (χ0n) is 10.4. The predicted octanol–water partition coefficient (Wildman–Crippen LogP) is 2.03. The Hall–Kier alpha value is -0.190. The standard InChI is InChI=1S/C12H17ClNO3PS/c13-18-14-8-4-7-11(14)12(15)9-19(16,17)10-5-2-1-3-6-10/h1-3,5-6,11-12,15,18H,4,7-9H2/t11-,12+/m0/s1. The Kier molecular flexibility index (Phi) is 5.21. The monoisotopic (exact) mass is 321 g/mol. The molecule has 0 saturated carbocycles. The van der Waals surface area contributed by atoms with Gasteiger partial charge in [-0.05, 0) is 25.0 Å². The second-order valence-electron chi connectivity index (χ2n) is 4.65. The fourth-order valence-electron chi connectivity index (χ4n) is 2.36. The Morgan fingerprint density at radius 3 is 2.74 bits per heavy atom. The number of sulfone groups is 1. The van der Waals surface area contributed by atoms with Gasteiger partial charge in [-0.1, -0.05) is 29.4 Å². The lowest BCUT2D eigenvalue weighted by Gasteiger charge is -2.26. The van der Waals surface area contributed by atoms with Crippen LogP contribution in [0.1, 0.15) is 12.8 Å². The van der Waals surface area contributed by atoms with E-state index in [-0.39, 0.29) is 24.8 Å². The summed E-state index contributed by atoms with van der Waals surface area (Å²) in [6, 6.07) is 8.09. The third kappa shape index (κ3) is 3.67. The molecule has 1 N–H and O–H groups in total. The van der Waals surface area contributed by atoms with E-state index in [9.17, 15) is 13.5 Å². The highest BCUT2D eigenvalue weighted by molar-refractivity contribution is 7.91. The molecule has 0 bridgehead atoms. The molecule has 0 amide bonds. The van der Waals surface area contributed by atoms with Gasteiger partial charge in [-0.25, -0.2) is 8.42 Å². The first-order valence-electron chi connectivity index (χ1n) is 6.13. The van der Waals surface area contributed by atoms with Gasteiger partial charge in [0.15, 0.2) is 9.84 Å². The molecular formula is C12H17ClNO3PS. The van der Waals surface area contributed by atoms with Gasteiger partial charge in [0.1, 0.15) is 0 Å². The predicted molar refractivity (Wildman–Crippen MR) is 78.4 cm³/mol. The van der Waals surface area contributed by atoms with Gasteiger partial charge < -0.3 is 5.11 Å². The first-order chi connectivity index (χ1) is 9.04. The van der Waals surface area contributed by atoms with Crippen molar-refractivity contribution in [3.05, 3.63) is 30.3 Å². The molecule has 7 heteroatoms. The Labute approximate surface area is 120 Å². The SMILES string of the molecule is O=S(=O)(C[C@@H](O)[C@@H]1CCCN1PCl)c1ccccc1. The lowest BCUT2D eigenvalue weighted by atomic mass is 10.1. The molecule has 1 fully saturated rings. The fraction of sp³-hybridized carbons (Fsp3) is 0.500. The summed E-state index contributed by atoms with van der Waals surface area (Å²) in [5.74, 6) is -0.250. The third-order valence-electron chi connectivity index (χ3n) is 3.34. The van der Waals surface area contributed by atoms with Gasteiger partial charge in [0, 0.05) is 20.7 Å². The first kappa shape index (κ1) is 15.2. The lowest BCUT2D eigenvalue weighted by Crippen LogP contribution is -2.38. The molecule has 0 aromatic heterocycles. The average Bonchev–Trinajstić information content (AvgIpc) is 2.87. The largest absolute Gasteiger partial charge is 0.390 e. The highest BCUT2D eigenvalue weighted by Gasteiger charge is 2.33. The number of aliphatic hydroxyl groups excluding tert-OH is 1. The van der Waals surface area contributed by atoms with Crippen LogP contribution in [-0.2, 0) is 9.84 Å². The molecule has 1 aromatic carbocycles. The summed E-state index contributed by atoms with van der Waals surface area (Å²) in [6.07, 6.45) is 0.858. The van der Waals surface area contributed by atoms with E-state index in [0.717, 1.165) is 19.4 Å². The van der Waals surface area contributed by atoms with Gasteiger partial charge in [0.05, 0.1) is 16.8 Å². The number of nitrogens with zero attached hydrogens (tertiary/aromatic N) is 1. The topological polar surface area (TPSA) is 57.6 Å². The van der Waals surface area contributed by atoms with Crippen LogP contribution in [0, 0.1) is 0 Å². The van der Waals surface area contributed by atoms with Crippen molar-refractivity contribution in [1.29, 1.82) is 0 Å². The number of rotatable bonds is 5. The van der Waals surface area contributed by atoms with E-state index in [4.69, 9.17) is 11.2 Å². The Morgan fingerprint density at radius 2 is 2.11 bits per heavy atom. The molecule has 1 saturated heterocycles. The van der Waals surface area contributed by atoms with Crippen molar-refractivity contribution in [1.82, 2.24) is 4.67 Å².